The first kappa shape index (κ1) is 16.3. The van der Waals surface area contributed by atoms with Crippen LogP contribution in [0.25, 0.3) is 11.0 Å². The lowest BCUT2D eigenvalue weighted by Crippen LogP contribution is -2.28. The summed E-state index contributed by atoms with van der Waals surface area (Å²) in [5.74, 6) is -0.454. The van der Waals surface area contributed by atoms with E-state index in [0.717, 1.165) is 23.3 Å². The van der Waals surface area contributed by atoms with Crippen LogP contribution in [0.2, 0.25) is 0 Å². The van der Waals surface area contributed by atoms with Crippen molar-refractivity contribution in [2.24, 2.45) is 0 Å². The van der Waals surface area contributed by atoms with Gasteiger partial charge in [-0.05, 0) is 55.3 Å². The molecule has 26 heavy (non-hydrogen) atoms. The summed E-state index contributed by atoms with van der Waals surface area (Å²) in [5, 5.41) is 8.21. The molecule has 7 heteroatoms. The highest BCUT2D eigenvalue weighted by Gasteiger charge is 2.27. The zero-order chi connectivity index (χ0) is 18.3. The van der Waals surface area contributed by atoms with Crippen LogP contribution in [0.1, 0.15) is 33.2 Å². The number of fused-ring (bicyclic) bond motifs is 2. The molecule has 4 rings (SSSR count). The Hall–Kier alpha value is -3.22. The quantitative estimate of drug-likeness (QED) is 0.678. The molecule has 7 nitrogen and oxygen atoms in total. The van der Waals surface area contributed by atoms with Gasteiger partial charge in [-0.3, -0.25) is 4.79 Å². The minimum atomic E-state index is -0.373. The molecule has 2 aromatic carbocycles. The molecule has 0 radical (unpaired) electrons. The first-order valence-corrected chi connectivity index (χ1v) is 8.48. The Morgan fingerprint density at radius 2 is 1.96 bits per heavy atom. The van der Waals surface area contributed by atoms with Crippen molar-refractivity contribution in [1.82, 2.24) is 15.0 Å². The molecule has 0 N–H and O–H groups in total. The van der Waals surface area contributed by atoms with E-state index in [1.54, 1.807) is 39.9 Å². The molecular weight excluding hydrogens is 332 g/mol. The SMILES string of the molecule is CCn1nnc2cc(C(=O)N3CCc4cc(C(=O)OC)ccc43)ccc21. The highest BCUT2D eigenvalue weighted by atomic mass is 16.5. The Balaban J connectivity index is 1.65. The van der Waals surface area contributed by atoms with Crippen LogP contribution in [-0.2, 0) is 17.7 Å². The lowest BCUT2D eigenvalue weighted by atomic mass is 10.1. The number of amides is 1. The molecule has 1 amide bonds. The number of methoxy groups -OCH3 is 1. The van der Waals surface area contributed by atoms with Gasteiger partial charge >= 0.3 is 5.97 Å². The fraction of sp³-hybridized carbons (Fsp3) is 0.263. The van der Waals surface area contributed by atoms with Gasteiger partial charge in [0.25, 0.3) is 5.91 Å². The molecule has 0 aliphatic carbocycles. The van der Waals surface area contributed by atoms with E-state index in [0.29, 0.717) is 29.6 Å². The third kappa shape index (κ3) is 2.52. The van der Waals surface area contributed by atoms with Gasteiger partial charge in [0, 0.05) is 24.3 Å². The van der Waals surface area contributed by atoms with Gasteiger partial charge in [0.1, 0.15) is 5.52 Å². The van der Waals surface area contributed by atoms with Crippen LogP contribution in [0.3, 0.4) is 0 Å². The largest absolute Gasteiger partial charge is 0.465 e. The van der Waals surface area contributed by atoms with Crippen molar-refractivity contribution >= 4 is 28.6 Å². The Kier molecular flexibility index (Phi) is 3.91. The van der Waals surface area contributed by atoms with Crippen LogP contribution in [-0.4, -0.2) is 40.5 Å². The minimum Gasteiger partial charge on any atom is -0.465 e. The van der Waals surface area contributed by atoms with Gasteiger partial charge in [0.2, 0.25) is 0 Å². The summed E-state index contributed by atoms with van der Waals surface area (Å²) in [6, 6.07) is 10.7. The number of hydrogen-bond donors (Lipinski definition) is 0. The Labute approximate surface area is 150 Å². The maximum absolute atomic E-state index is 13.0. The van der Waals surface area contributed by atoms with E-state index in [9.17, 15) is 9.59 Å². The van der Waals surface area contributed by atoms with Crippen molar-refractivity contribution in [1.29, 1.82) is 0 Å². The second kappa shape index (κ2) is 6.25. The van der Waals surface area contributed by atoms with Gasteiger partial charge in [-0.25, -0.2) is 9.48 Å². The van der Waals surface area contributed by atoms with Crippen molar-refractivity contribution in [3.8, 4) is 0 Å². The van der Waals surface area contributed by atoms with Crippen LogP contribution in [0.15, 0.2) is 36.4 Å². The smallest absolute Gasteiger partial charge is 0.337 e. The predicted octanol–water partition coefficient (Wildman–Crippen LogP) is 2.44. The Morgan fingerprint density at radius 1 is 1.15 bits per heavy atom. The van der Waals surface area contributed by atoms with Crippen LogP contribution >= 0.6 is 0 Å². The lowest BCUT2D eigenvalue weighted by Gasteiger charge is -2.17. The van der Waals surface area contributed by atoms with Crippen LogP contribution in [0.5, 0.6) is 0 Å². The molecule has 132 valence electrons. The molecule has 0 fully saturated rings. The van der Waals surface area contributed by atoms with E-state index in [1.807, 2.05) is 13.0 Å². The number of aryl methyl sites for hydroxylation is 1. The summed E-state index contributed by atoms with van der Waals surface area (Å²) in [4.78, 5) is 26.4. The monoisotopic (exact) mass is 350 g/mol. The van der Waals surface area contributed by atoms with Gasteiger partial charge in [-0.15, -0.1) is 5.10 Å². The van der Waals surface area contributed by atoms with E-state index in [-0.39, 0.29) is 11.9 Å². The third-order valence-corrected chi connectivity index (χ3v) is 4.70. The number of anilines is 1. The molecule has 0 unspecified atom stereocenters. The van der Waals surface area contributed by atoms with Gasteiger partial charge in [0.15, 0.2) is 0 Å². The summed E-state index contributed by atoms with van der Waals surface area (Å²) in [5.41, 5.74) is 4.50. The summed E-state index contributed by atoms with van der Waals surface area (Å²) in [7, 11) is 1.36. The Morgan fingerprint density at radius 3 is 2.73 bits per heavy atom. The lowest BCUT2D eigenvalue weighted by molar-refractivity contribution is 0.0600. The normalized spacial score (nSPS) is 13.1. The number of carbonyl (C=O) groups excluding carboxylic acids is 2. The van der Waals surface area contributed by atoms with E-state index in [1.165, 1.54) is 7.11 Å². The van der Waals surface area contributed by atoms with E-state index >= 15 is 0 Å². The van der Waals surface area contributed by atoms with Crippen molar-refractivity contribution in [3.05, 3.63) is 53.1 Å². The fourth-order valence-electron chi connectivity index (χ4n) is 3.35. The fourth-order valence-corrected chi connectivity index (χ4v) is 3.35. The zero-order valence-electron chi connectivity index (χ0n) is 14.6. The minimum absolute atomic E-state index is 0.0810. The number of nitrogens with zero attached hydrogens (tertiary/aromatic N) is 4. The van der Waals surface area contributed by atoms with Crippen molar-refractivity contribution in [2.45, 2.75) is 19.9 Å². The molecule has 0 saturated carbocycles. The maximum atomic E-state index is 13.0. The predicted molar refractivity (Wildman–Crippen MR) is 96.4 cm³/mol. The average molecular weight is 350 g/mol. The van der Waals surface area contributed by atoms with Crippen molar-refractivity contribution in [2.75, 3.05) is 18.6 Å². The molecule has 2 heterocycles. The molecule has 1 aromatic heterocycles. The Bertz CT molecular complexity index is 1020. The number of hydrogen-bond acceptors (Lipinski definition) is 5. The topological polar surface area (TPSA) is 77.3 Å². The average Bonchev–Trinajstić information content (AvgIpc) is 3.29. The van der Waals surface area contributed by atoms with Gasteiger partial charge in [-0.1, -0.05) is 5.21 Å². The maximum Gasteiger partial charge on any atom is 0.337 e. The van der Waals surface area contributed by atoms with Gasteiger partial charge < -0.3 is 9.64 Å². The standard InChI is InChI=1S/C19H18N4O3/c1-3-23-17-7-4-13(11-15(17)20-21-23)18(24)22-9-8-12-10-14(19(25)26-2)5-6-16(12)22/h4-7,10-11H,3,8-9H2,1-2H3. The zero-order valence-corrected chi connectivity index (χ0v) is 14.6. The molecule has 3 aromatic rings. The van der Waals surface area contributed by atoms with Gasteiger partial charge in [-0.2, -0.15) is 0 Å². The highest BCUT2D eigenvalue weighted by molar-refractivity contribution is 6.08. The van der Waals surface area contributed by atoms with Crippen LogP contribution < -0.4 is 4.90 Å². The molecule has 1 aliphatic heterocycles. The van der Waals surface area contributed by atoms with E-state index < -0.39 is 0 Å². The van der Waals surface area contributed by atoms with E-state index in [4.69, 9.17) is 4.74 Å². The number of carbonyl (C=O) groups is 2. The molecule has 0 atom stereocenters. The number of aromatic nitrogens is 3. The first-order valence-electron chi connectivity index (χ1n) is 8.48. The number of esters is 1. The summed E-state index contributed by atoms with van der Waals surface area (Å²) in [6.45, 7) is 3.31. The number of ether oxygens (including phenoxy) is 1. The summed E-state index contributed by atoms with van der Waals surface area (Å²) < 4.78 is 6.55. The molecule has 0 spiro atoms. The number of rotatable bonds is 3. The van der Waals surface area contributed by atoms with Crippen molar-refractivity contribution in [3.63, 3.8) is 0 Å². The molecule has 1 aliphatic rings. The number of benzene rings is 2. The first-order chi connectivity index (χ1) is 12.6. The third-order valence-electron chi connectivity index (χ3n) is 4.70. The molecular formula is C19H18N4O3. The van der Waals surface area contributed by atoms with E-state index in [2.05, 4.69) is 10.3 Å². The van der Waals surface area contributed by atoms with Crippen LogP contribution in [0, 0.1) is 0 Å². The second-order valence-corrected chi connectivity index (χ2v) is 6.15. The summed E-state index contributed by atoms with van der Waals surface area (Å²) in [6.07, 6.45) is 0.709. The van der Waals surface area contributed by atoms with Crippen molar-refractivity contribution < 1.29 is 14.3 Å². The van der Waals surface area contributed by atoms with Gasteiger partial charge in [0.05, 0.1) is 18.2 Å². The van der Waals surface area contributed by atoms with Crippen LogP contribution in [0.4, 0.5) is 5.69 Å². The highest BCUT2D eigenvalue weighted by Crippen LogP contribution is 2.30. The molecule has 0 bridgehead atoms. The summed E-state index contributed by atoms with van der Waals surface area (Å²) >= 11 is 0. The second-order valence-electron chi connectivity index (χ2n) is 6.15. The molecule has 0 saturated heterocycles.